The number of likely N-dealkylation sites (tertiary alicyclic amines) is 1. The monoisotopic (exact) mass is 262 g/mol. The van der Waals surface area contributed by atoms with Gasteiger partial charge in [-0.25, -0.2) is 4.79 Å². The molecule has 1 amide bonds. The molecular formula is C14H18N2O3. The third-order valence-corrected chi connectivity index (χ3v) is 3.58. The molecule has 1 aromatic carbocycles. The molecule has 2 N–H and O–H groups in total. The normalized spacial score (nSPS) is 19.4. The van der Waals surface area contributed by atoms with E-state index in [2.05, 4.69) is 10.2 Å². The van der Waals surface area contributed by atoms with E-state index >= 15 is 0 Å². The summed E-state index contributed by atoms with van der Waals surface area (Å²) in [5, 5.41) is 11.9. The quantitative estimate of drug-likeness (QED) is 0.867. The molecule has 0 radical (unpaired) electrons. The van der Waals surface area contributed by atoms with E-state index in [0.29, 0.717) is 11.3 Å². The zero-order chi connectivity index (χ0) is 14.0. The van der Waals surface area contributed by atoms with Crippen molar-refractivity contribution in [1.29, 1.82) is 0 Å². The Morgan fingerprint density at radius 2 is 2.16 bits per heavy atom. The fourth-order valence-electron chi connectivity index (χ4n) is 2.39. The molecule has 1 heterocycles. The molecule has 0 saturated carbocycles. The molecule has 0 bridgehead atoms. The molecule has 1 atom stereocenters. The van der Waals surface area contributed by atoms with Crippen LogP contribution < -0.4 is 5.32 Å². The fourth-order valence-corrected chi connectivity index (χ4v) is 2.39. The second kappa shape index (κ2) is 5.40. The number of hydrogen-bond acceptors (Lipinski definition) is 3. The average molecular weight is 262 g/mol. The van der Waals surface area contributed by atoms with Gasteiger partial charge in [0.1, 0.15) is 0 Å². The van der Waals surface area contributed by atoms with Crippen LogP contribution >= 0.6 is 0 Å². The van der Waals surface area contributed by atoms with Crippen molar-refractivity contribution in [2.24, 2.45) is 5.92 Å². The van der Waals surface area contributed by atoms with Crippen molar-refractivity contribution in [3.63, 3.8) is 0 Å². The summed E-state index contributed by atoms with van der Waals surface area (Å²) < 4.78 is 0. The number of carboxylic acid groups (broad SMARTS) is 1. The number of carbonyl (C=O) groups is 2. The molecular weight excluding hydrogens is 244 g/mol. The lowest BCUT2D eigenvalue weighted by atomic mass is 10.0. The van der Waals surface area contributed by atoms with Gasteiger partial charge < -0.3 is 15.3 Å². The Hall–Kier alpha value is -1.88. The zero-order valence-electron chi connectivity index (χ0n) is 11.1. The average Bonchev–Trinajstić information content (AvgIpc) is 2.78. The van der Waals surface area contributed by atoms with E-state index < -0.39 is 5.97 Å². The van der Waals surface area contributed by atoms with Crippen LogP contribution in [0.15, 0.2) is 18.2 Å². The van der Waals surface area contributed by atoms with Crippen LogP contribution in [-0.4, -0.2) is 42.0 Å². The molecule has 0 spiro atoms. The maximum atomic E-state index is 12.1. The van der Waals surface area contributed by atoms with Gasteiger partial charge in [-0.05, 0) is 44.6 Å². The summed E-state index contributed by atoms with van der Waals surface area (Å²) in [4.78, 5) is 25.3. The number of rotatable bonds is 3. The molecule has 1 saturated heterocycles. The summed E-state index contributed by atoms with van der Waals surface area (Å²) in [5.74, 6) is -1.03. The molecule has 19 heavy (non-hydrogen) atoms. The first-order chi connectivity index (χ1) is 8.99. The number of benzene rings is 1. The Labute approximate surface area is 112 Å². The highest BCUT2D eigenvalue weighted by molar-refractivity contribution is 5.97. The number of carbonyl (C=O) groups excluding carboxylic acids is 1. The summed E-state index contributed by atoms with van der Waals surface area (Å²) in [6.07, 6.45) is 0.847. The van der Waals surface area contributed by atoms with Crippen molar-refractivity contribution in [3.8, 4) is 0 Å². The molecule has 5 heteroatoms. The first-order valence-electron chi connectivity index (χ1n) is 6.31. The summed E-state index contributed by atoms with van der Waals surface area (Å²) in [7, 11) is 1.99. The number of aromatic carboxylic acids is 1. The summed E-state index contributed by atoms with van der Waals surface area (Å²) in [6, 6.07) is 4.92. The minimum Gasteiger partial charge on any atom is -0.478 e. The van der Waals surface area contributed by atoms with E-state index in [1.165, 1.54) is 6.07 Å². The maximum Gasteiger partial charge on any atom is 0.336 e. The Kier molecular flexibility index (Phi) is 3.85. The molecule has 102 valence electrons. The van der Waals surface area contributed by atoms with E-state index in [4.69, 9.17) is 5.11 Å². The summed E-state index contributed by atoms with van der Waals surface area (Å²) in [5.41, 5.74) is 1.40. The van der Waals surface area contributed by atoms with Gasteiger partial charge in [0.25, 0.3) is 0 Å². The smallest absolute Gasteiger partial charge is 0.336 e. The molecule has 1 aliphatic heterocycles. The predicted molar refractivity (Wildman–Crippen MR) is 72.4 cm³/mol. The molecule has 0 aliphatic carbocycles. The predicted octanol–water partition coefficient (Wildman–Crippen LogP) is 1.58. The molecule has 1 fully saturated rings. The highest BCUT2D eigenvalue weighted by atomic mass is 16.4. The zero-order valence-corrected chi connectivity index (χ0v) is 11.1. The second-order valence-electron chi connectivity index (χ2n) is 5.02. The van der Waals surface area contributed by atoms with Crippen molar-refractivity contribution in [3.05, 3.63) is 29.3 Å². The number of amides is 1. The van der Waals surface area contributed by atoms with Crippen molar-refractivity contribution in [1.82, 2.24) is 4.90 Å². The van der Waals surface area contributed by atoms with Gasteiger partial charge in [0.15, 0.2) is 0 Å². The topological polar surface area (TPSA) is 69.6 Å². The Morgan fingerprint density at radius 1 is 1.42 bits per heavy atom. The number of carboxylic acids is 1. The van der Waals surface area contributed by atoms with Crippen LogP contribution in [0.1, 0.15) is 22.3 Å². The minimum absolute atomic E-state index is 0.0158. The molecule has 1 aliphatic rings. The number of nitrogens with zero attached hydrogens (tertiary/aromatic N) is 1. The van der Waals surface area contributed by atoms with Crippen LogP contribution in [0, 0.1) is 12.8 Å². The Balaban J connectivity index is 2.13. The Morgan fingerprint density at radius 3 is 2.74 bits per heavy atom. The van der Waals surface area contributed by atoms with E-state index in [9.17, 15) is 9.59 Å². The second-order valence-corrected chi connectivity index (χ2v) is 5.02. The van der Waals surface area contributed by atoms with Gasteiger partial charge in [-0.3, -0.25) is 4.79 Å². The van der Waals surface area contributed by atoms with Gasteiger partial charge in [-0.2, -0.15) is 0 Å². The van der Waals surface area contributed by atoms with Crippen LogP contribution in [0.3, 0.4) is 0 Å². The number of anilines is 1. The molecule has 1 unspecified atom stereocenters. The van der Waals surface area contributed by atoms with Gasteiger partial charge in [0.05, 0.1) is 11.5 Å². The van der Waals surface area contributed by atoms with Crippen LogP contribution in [0.25, 0.3) is 0 Å². The lowest BCUT2D eigenvalue weighted by Gasteiger charge is -2.14. The van der Waals surface area contributed by atoms with Crippen molar-refractivity contribution >= 4 is 17.6 Å². The van der Waals surface area contributed by atoms with Crippen molar-refractivity contribution in [2.75, 3.05) is 25.5 Å². The highest BCUT2D eigenvalue weighted by Crippen LogP contribution is 2.22. The van der Waals surface area contributed by atoms with E-state index in [1.807, 2.05) is 7.05 Å². The SMILES string of the molecule is Cc1c(NC(=O)C2CCN(C)C2)cccc1C(=O)O. The van der Waals surface area contributed by atoms with Gasteiger partial charge in [0, 0.05) is 12.2 Å². The maximum absolute atomic E-state index is 12.1. The summed E-state index contributed by atoms with van der Waals surface area (Å²) in [6.45, 7) is 3.38. The van der Waals surface area contributed by atoms with Crippen LogP contribution in [0.5, 0.6) is 0 Å². The van der Waals surface area contributed by atoms with Gasteiger partial charge >= 0.3 is 5.97 Å². The van der Waals surface area contributed by atoms with Crippen molar-refractivity contribution < 1.29 is 14.7 Å². The standard InChI is InChI=1S/C14H18N2O3/c1-9-11(14(18)19)4-3-5-12(9)15-13(17)10-6-7-16(2)8-10/h3-5,10H,6-8H2,1-2H3,(H,15,17)(H,18,19). The molecule has 0 aromatic heterocycles. The highest BCUT2D eigenvalue weighted by Gasteiger charge is 2.26. The lowest BCUT2D eigenvalue weighted by molar-refractivity contribution is -0.119. The van der Waals surface area contributed by atoms with Crippen LogP contribution in [-0.2, 0) is 4.79 Å². The van der Waals surface area contributed by atoms with E-state index in [-0.39, 0.29) is 17.4 Å². The molecule has 1 aromatic rings. The van der Waals surface area contributed by atoms with Crippen LogP contribution in [0.4, 0.5) is 5.69 Å². The third kappa shape index (κ3) is 2.93. The molecule has 2 rings (SSSR count). The molecule has 5 nitrogen and oxygen atoms in total. The number of hydrogen-bond donors (Lipinski definition) is 2. The van der Waals surface area contributed by atoms with Gasteiger partial charge in [-0.15, -0.1) is 0 Å². The van der Waals surface area contributed by atoms with Crippen LogP contribution in [0.2, 0.25) is 0 Å². The Bertz CT molecular complexity index is 513. The third-order valence-electron chi connectivity index (χ3n) is 3.58. The lowest BCUT2D eigenvalue weighted by Crippen LogP contribution is -2.25. The van der Waals surface area contributed by atoms with Gasteiger partial charge in [0.2, 0.25) is 5.91 Å². The number of nitrogens with one attached hydrogen (secondary N) is 1. The fraction of sp³-hybridized carbons (Fsp3) is 0.429. The summed E-state index contributed by atoms with van der Waals surface area (Å²) >= 11 is 0. The van der Waals surface area contributed by atoms with Gasteiger partial charge in [-0.1, -0.05) is 6.07 Å². The van der Waals surface area contributed by atoms with E-state index in [1.54, 1.807) is 19.1 Å². The van der Waals surface area contributed by atoms with Crippen molar-refractivity contribution in [2.45, 2.75) is 13.3 Å². The first kappa shape index (κ1) is 13.5. The first-order valence-corrected chi connectivity index (χ1v) is 6.31. The largest absolute Gasteiger partial charge is 0.478 e. The minimum atomic E-state index is -0.978. The van der Waals surface area contributed by atoms with E-state index in [0.717, 1.165) is 19.5 Å².